The fourth-order valence-electron chi connectivity index (χ4n) is 2.61. The van der Waals surface area contributed by atoms with Gasteiger partial charge in [-0.05, 0) is 40.1 Å². The zero-order chi connectivity index (χ0) is 15.0. The first-order valence-corrected chi connectivity index (χ1v) is 7.93. The summed E-state index contributed by atoms with van der Waals surface area (Å²) in [4.78, 5) is 20.1. The average molecular weight is 301 g/mol. The third-order valence-corrected chi connectivity index (χ3v) is 4.69. The molecule has 5 heteroatoms. The van der Waals surface area contributed by atoms with Gasteiger partial charge in [-0.3, -0.25) is 4.79 Å². The molecule has 0 atom stereocenters. The second-order valence-electron chi connectivity index (χ2n) is 5.56. The monoisotopic (exact) mass is 301 g/mol. The minimum absolute atomic E-state index is 0.0322. The van der Waals surface area contributed by atoms with E-state index in [1.165, 1.54) is 4.70 Å². The number of nitrogens with zero attached hydrogens (tertiary/aromatic N) is 3. The number of fused-ring (bicyclic) bond motifs is 3. The van der Waals surface area contributed by atoms with Crippen molar-refractivity contribution in [2.24, 2.45) is 0 Å². The zero-order valence-electron chi connectivity index (χ0n) is 12.6. The maximum atomic E-state index is 12.5. The van der Waals surface area contributed by atoms with Crippen LogP contribution in [0.2, 0.25) is 0 Å². The number of aryl methyl sites for hydroxylation is 2. The molecule has 4 nitrogen and oxygen atoms in total. The molecular weight excluding hydrogens is 282 g/mol. The van der Waals surface area contributed by atoms with Crippen molar-refractivity contribution in [3.05, 3.63) is 40.3 Å². The van der Waals surface area contributed by atoms with Crippen LogP contribution in [0.4, 0.5) is 0 Å². The molecule has 0 saturated heterocycles. The van der Waals surface area contributed by atoms with Crippen LogP contribution in [0.5, 0.6) is 0 Å². The predicted molar refractivity (Wildman–Crippen MR) is 89.3 cm³/mol. The molecule has 3 aromatic rings. The van der Waals surface area contributed by atoms with E-state index in [1.807, 2.05) is 16.7 Å². The second kappa shape index (κ2) is 5.58. The molecule has 2 aromatic heterocycles. The fraction of sp³-hybridized carbons (Fsp3) is 0.375. The van der Waals surface area contributed by atoms with Gasteiger partial charge < -0.3 is 9.47 Å². The van der Waals surface area contributed by atoms with Crippen molar-refractivity contribution >= 4 is 31.8 Å². The van der Waals surface area contributed by atoms with Crippen LogP contribution < -0.4 is 5.56 Å². The molecule has 0 N–H and O–H groups in total. The Labute approximate surface area is 127 Å². The van der Waals surface area contributed by atoms with Gasteiger partial charge in [-0.2, -0.15) is 0 Å². The van der Waals surface area contributed by atoms with E-state index in [0.717, 1.165) is 35.2 Å². The zero-order valence-corrected chi connectivity index (χ0v) is 13.4. The van der Waals surface area contributed by atoms with Crippen molar-refractivity contribution in [3.8, 4) is 0 Å². The molecule has 3 rings (SSSR count). The molecule has 0 bridgehead atoms. The smallest absolute Gasteiger partial charge is 0.272 e. The van der Waals surface area contributed by atoms with E-state index >= 15 is 0 Å². The van der Waals surface area contributed by atoms with Crippen LogP contribution in [0, 0.1) is 6.92 Å². The fourth-order valence-corrected chi connectivity index (χ4v) is 3.74. The van der Waals surface area contributed by atoms with E-state index in [4.69, 9.17) is 0 Å². The average Bonchev–Trinajstić information content (AvgIpc) is 2.80. The molecule has 0 aliphatic rings. The van der Waals surface area contributed by atoms with Gasteiger partial charge in [0.2, 0.25) is 0 Å². The first kappa shape index (κ1) is 14.2. The highest BCUT2D eigenvalue weighted by molar-refractivity contribution is 7.25. The van der Waals surface area contributed by atoms with Gasteiger partial charge >= 0.3 is 0 Å². The lowest BCUT2D eigenvalue weighted by Gasteiger charge is -2.12. The van der Waals surface area contributed by atoms with Crippen LogP contribution in [0.1, 0.15) is 12.1 Å². The van der Waals surface area contributed by atoms with E-state index in [9.17, 15) is 4.79 Å². The van der Waals surface area contributed by atoms with Crippen molar-refractivity contribution < 1.29 is 0 Å². The van der Waals surface area contributed by atoms with Gasteiger partial charge in [-0.1, -0.05) is 18.2 Å². The Morgan fingerprint density at radius 2 is 2.05 bits per heavy atom. The summed E-state index contributed by atoms with van der Waals surface area (Å²) in [6.45, 7) is 3.50. The van der Waals surface area contributed by atoms with Crippen LogP contribution in [-0.2, 0) is 6.54 Å². The van der Waals surface area contributed by atoms with Gasteiger partial charge in [0.1, 0.15) is 10.5 Å². The summed E-state index contributed by atoms with van der Waals surface area (Å²) in [7, 11) is 4.10. The Morgan fingerprint density at radius 3 is 2.81 bits per heavy atom. The largest absolute Gasteiger partial charge is 0.309 e. The highest BCUT2D eigenvalue weighted by Gasteiger charge is 2.13. The van der Waals surface area contributed by atoms with E-state index in [0.29, 0.717) is 5.69 Å². The first-order chi connectivity index (χ1) is 10.1. The predicted octanol–water partition coefficient (Wildman–Crippen LogP) is 2.87. The third kappa shape index (κ3) is 2.59. The van der Waals surface area contributed by atoms with E-state index in [-0.39, 0.29) is 5.56 Å². The summed E-state index contributed by atoms with van der Waals surface area (Å²) in [5, 5.41) is 1.13. The lowest BCUT2D eigenvalue weighted by Crippen LogP contribution is -2.25. The molecule has 110 valence electrons. The van der Waals surface area contributed by atoms with Gasteiger partial charge in [0.05, 0.1) is 5.52 Å². The topological polar surface area (TPSA) is 38.1 Å². The van der Waals surface area contributed by atoms with Gasteiger partial charge in [-0.15, -0.1) is 11.3 Å². The van der Waals surface area contributed by atoms with E-state index in [1.54, 1.807) is 18.3 Å². The Bertz CT molecular complexity index is 848. The molecule has 0 spiro atoms. The van der Waals surface area contributed by atoms with E-state index < -0.39 is 0 Å². The van der Waals surface area contributed by atoms with Crippen molar-refractivity contribution in [3.63, 3.8) is 0 Å². The van der Waals surface area contributed by atoms with Crippen molar-refractivity contribution in [1.82, 2.24) is 14.5 Å². The first-order valence-electron chi connectivity index (χ1n) is 7.11. The maximum absolute atomic E-state index is 12.5. The van der Waals surface area contributed by atoms with Crippen molar-refractivity contribution in [2.45, 2.75) is 19.9 Å². The van der Waals surface area contributed by atoms with E-state index in [2.05, 4.69) is 36.1 Å². The molecule has 2 heterocycles. The molecule has 21 heavy (non-hydrogen) atoms. The molecular formula is C16H19N3OS. The molecule has 0 fully saturated rings. The number of aromatic nitrogens is 2. The Balaban J connectivity index is 2.19. The molecule has 0 aliphatic heterocycles. The van der Waals surface area contributed by atoms with Crippen LogP contribution in [0.25, 0.3) is 20.4 Å². The Morgan fingerprint density at radius 1 is 1.29 bits per heavy atom. The van der Waals surface area contributed by atoms with Crippen LogP contribution in [0.3, 0.4) is 0 Å². The lowest BCUT2D eigenvalue weighted by molar-refractivity contribution is 0.386. The molecule has 0 saturated carbocycles. The molecule has 1 aromatic carbocycles. The standard InChI is InChI=1S/C16H19N3OS/c1-11-16(20)19(10-6-9-18(2)3)14-12-7-4-5-8-13(12)21-15(14)17-11/h4-5,7-8H,6,9-10H2,1-3H3. The Kier molecular flexibility index (Phi) is 3.78. The normalized spacial score (nSPS) is 11.8. The molecule has 0 amide bonds. The molecule has 0 unspecified atom stereocenters. The minimum Gasteiger partial charge on any atom is -0.309 e. The van der Waals surface area contributed by atoms with Crippen LogP contribution in [0.15, 0.2) is 29.1 Å². The minimum atomic E-state index is 0.0322. The lowest BCUT2D eigenvalue weighted by atomic mass is 10.2. The number of hydrogen-bond donors (Lipinski definition) is 0. The quantitative estimate of drug-likeness (QED) is 0.744. The van der Waals surface area contributed by atoms with Gasteiger partial charge in [0, 0.05) is 16.6 Å². The number of rotatable bonds is 4. The summed E-state index contributed by atoms with van der Waals surface area (Å²) < 4.78 is 3.09. The molecule has 0 radical (unpaired) electrons. The van der Waals surface area contributed by atoms with Crippen molar-refractivity contribution in [1.29, 1.82) is 0 Å². The van der Waals surface area contributed by atoms with Crippen LogP contribution in [-0.4, -0.2) is 35.1 Å². The highest BCUT2D eigenvalue weighted by atomic mass is 32.1. The number of thiophene rings is 1. The second-order valence-corrected chi connectivity index (χ2v) is 6.59. The number of benzene rings is 1. The van der Waals surface area contributed by atoms with Crippen molar-refractivity contribution in [2.75, 3.05) is 20.6 Å². The maximum Gasteiger partial charge on any atom is 0.272 e. The summed E-state index contributed by atoms with van der Waals surface area (Å²) in [5.74, 6) is 0. The summed E-state index contributed by atoms with van der Waals surface area (Å²) in [6, 6.07) is 8.21. The summed E-state index contributed by atoms with van der Waals surface area (Å²) in [5.41, 5.74) is 1.61. The SMILES string of the molecule is Cc1nc2sc3ccccc3c2n(CCCN(C)C)c1=O. The Hall–Kier alpha value is -1.72. The number of hydrogen-bond acceptors (Lipinski definition) is 4. The van der Waals surface area contributed by atoms with Gasteiger partial charge in [0.15, 0.2) is 0 Å². The van der Waals surface area contributed by atoms with Gasteiger partial charge in [0.25, 0.3) is 5.56 Å². The highest BCUT2D eigenvalue weighted by Crippen LogP contribution is 2.31. The molecule has 0 aliphatic carbocycles. The van der Waals surface area contributed by atoms with Gasteiger partial charge in [-0.25, -0.2) is 4.98 Å². The van der Waals surface area contributed by atoms with Crippen LogP contribution >= 0.6 is 11.3 Å². The summed E-state index contributed by atoms with van der Waals surface area (Å²) >= 11 is 1.66. The third-order valence-electron chi connectivity index (χ3n) is 3.63. The summed E-state index contributed by atoms with van der Waals surface area (Å²) in [6.07, 6.45) is 0.954.